The molecule has 10 heteroatoms. The molecule has 0 fully saturated rings. The number of phenolic OH excluding ortho intramolecular Hbond substituents is 2. The van der Waals surface area contributed by atoms with Crippen LogP contribution in [0, 0.1) is 0 Å². The lowest BCUT2D eigenvalue weighted by atomic mass is 9.78. The molecule has 7 rings (SSSR count). The highest BCUT2D eigenvalue weighted by Gasteiger charge is 2.25. The number of ether oxygens (including phenoxy) is 4. The third-order valence-corrected chi connectivity index (χ3v) is 10.7. The lowest BCUT2D eigenvalue weighted by Crippen LogP contribution is -2.18. The average Bonchev–Trinajstić information content (AvgIpc) is 3.27. The lowest BCUT2D eigenvalue weighted by Gasteiger charge is -2.26. The molecule has 2 N–H and O–H groups in total. The fourth-order valence-electron chi connectivity index (χ4n) is 6.72. The summed E-state index contributed by atoms with van der Waals surface area (Å²) in [4.78, 5) is 51.9. The molecule has 0 amide bonds. The van der Waals surface area contributed by atoms with Gasteiger partial charge in [0.25, 0.3) is 0 Å². The first-order valence-corrected chi connectivity index (χ1v) is 19.6. The van der Waals surface area contributed by atoms with Crippen LogP contribution >= 0.6 is 0 Å². The van der Waals surface area contributed by atoms with Crippen LogP contribution in [0.3, 0.4) is 0 Å². The van der Waals surface area contributed by atoms with Crippen LogP contribution in [-0.2, 0) is 10.8 Å². The number of hydrogen-bond acceptors (Lipinski definition) is 10. The summed E-state index contributed by atoms with van der Waals surface area (Å²) in [6.07, 6.45) is 0. The molecule has 10 nitrogen and oxygen atoms in total. The van der Waals surface area contributed by atoms with Crippen molar-refractivity contribution in [1.82, 2.24) is 0 Å². The average molecular weight is 827 g/mol. The molecule has 0 saturated carbocycles. The van der Waals surface area contributed by atoms with Crippen molar-refractivity contribution in [2.75, 3.05) is 0 Å². The summed E-state index contributed by atoms with van der Waals surface area (Å²) in [5.41, 5.74) is 3.99. The first-order valence-electron chi connectivity index (χ1n) is 19.6. The van der Waals surface area contributed by atoms with E-state index >= 15 is 0 Å². The molecule has 7 aromatic rings. The Balaban J connectivity index is 0.900. The maximum atomic E-state index is 13.0. The van der Waals surface area contributed by atoms with Crippen LogP contribution in [0.15, 0.2) is 170 Å². The van der Waals surface area contributed by atoms with Crippen molar-refractivity contribution < 1.29 is 48.3 Å². The zero-order valence-corrected chi connectivity index (χ0v) is 34.3. The van der Waals surface area contributed by atoms with Gasteiger partial charge in [-0.1, -0.05) is 82.3 Å². The molecule has 62 heavy (non-hydrogen) atoms. The zero-order valence-electron chi connectivity index (χ0n) is 34.3. The van der Waals surface area contributed by atoms with E-state index in [1.165, 1.54) is 72.8 Å². The molecule has 0 atom stereocenters. The molecule has 0 heterocycles. The standard InChI is InChI=1S/C52H42O10/c1-51(2,37-12-20-41(53)21-13-37)39-16-28-45(29-17-39)59-47(55)33-8-24-43(25-9-33)61-49(57)35-6-5-7-36(32-35)50(58)62-44-26-10-34(11-27-44)48(56)60-46-30-18-40(19-31-46)52(3,4)38-14-22-42(54)23-15-38/h5-32,53-54H,1-4H3. The van der Waals surface area contributed by atoms with Crippen LogP contribution in [0.5, 0.6) is 34.5 Å². The van der Waals surface area contributed by atoms with Crippen molar-refractivity contribution >= 4 is 23.9 Å². The molecule has 0 radical (unpaired) electrons. The van der Waals surface area contributed by atoms with Gasteiger partial charge in [0.2, 0.25) is 0 Å². The first-order chi connectivity index (χ1) is 29.6. The highest BCUT2D eigenvalue weighted by molar-refractivity contribution is 5.97. The van der Waals surface area contributed by atoms with Gasteiger partial charge in [-0.05, 0) is 138 Å². The largest absolute Gasteiger partial charge is 0.508 e. The number of rotatable bonds is 12. The van der Waals surface area contributed by atoms with Crippen LogP contribution in [-0.4, -0.2) is 34.1 Å². The Morgan fingerprint density at radius 3 is 0.871 bits per heavy atom. The summed E-state index contributed by atoms with van der Waals surface area (Å²) in [6.45, 7) is 8.26. The van der Waals surface area contributed by atoms with Gasteiger partial charge < -0.3 is 29.2 Å². The molecule has 7 aromatic carbocycles. The predicted molar refractivity (Wildman–Crippen MR) is 233 cm³/mol. The second-order valence-electron chi connectivity index (χ2n) is 15.6. The Hall–Kier alpha value is -7.98. The number of esters is 4. The van der Waals surface area contributed by atoms with Gasteiger partial charge >= 0.3 is 23.9 Å². The van der Waals surface area contributed by atoms with Crippen molar-refractivity contribution in [1.29, 1.82) is 0 Å². The first kappa shape index (κ1) is 42.2. The van der Waals surface area contributed by atoms with Gasteiger partial charge in [-0.3, -0.25) is 0 Å². The lowest BCUT2D eigenvalue weighted by molar-refractivity contribution is 0.0723. The van der Waals surface area contributed by atoms with Gasteiger partial charge in [0.05, 0.1) is 22.3 Å². The van der Waals surface area contributed by atoms with E-state index in [-0.39, 0.29) is 56.1 Å². The topological polar surface area (TPSA) is 146 Å². The molecule has 0 aromatic heterocycles. The summed E-state index contributed by atoms with van der Waals surface area (Å²) in [7, 11) is 0. The monoisotopic (exact) mass is 826 g/mol. The number of carbonyl (C=O) groups is 4. The van der Waals surface area contributed by atoms with Gasteiger partial charge in [0.15, 0.2) is 0 Å². The fraction of sp³-hybridized carbons (Fsp3) is 0.115. The Kier molecular flexibility index (Phi) is 12.0. The normalized spacial score (nSPS) is 11.3. The molecule has 0 spiro atoms. The van der Waals surface area contributed by atoms with E-state index in [0.717, 1.165) is 22.3 Å². The number of aromatic hydroxyl groups is 2. The minimum Gasteiger partial charge on any atom is -0.508 e. The summed E-state index contributed by atoms with van der Waals surface area (Å²) in [5, 5.41) is 19.3. The number of benzene rings is 7. The molecule has 0 aliphatic rings. The van der Waals surface area contributed by atoms with E-state index in [1.807, 2.05) is 48.5 Å². The van der Waals surface area contributed by atoms with Crippen molar-refractivity contribution in [3.8, 4) is 34.5 Å². The highest BCUT2D eigenvalue weighted by Crippen LogP contribution is 2.35. The molecular weight excluding hydrogens is 785 g/mol. The predicted octanol–water partition coefficient (Wildman–Crippen LogP) is 10.6. The highest BCUT2D eigenvalue weighted by atomic mass is 16.5. The molecule has 310 valence electrons. The van der Waals surface area contributed by atoms with E-state index in [1.54, 1.807) is 48.5 Å². The minimum absolute atomic E-state index is 0.0926. The second-order valence-corrected chi connectivity index (χ2v) is 15.6. The van der Waals surface area contributed by atoms with Crippen LogP contribution < -0.4 is 18.9 Å². The Morgan fingerprint density at radius 1 is 0.339 bits per heavy atom. The summed E-state index contributed by atoms with van der Waals surface area (Å²) in [6, 6.07) is 46.1. The summed E-state index contributed by atoms with van der Waals surface area (Å²) >= 11 is 0. The summed E-state index contributed by atoms with van der Waals surface area (Å²) in [5.74, 6) is -1.20. The van der Waals surface area contributed by atoms with Crippen LogP contribution in [0.4, 0.5) is 0 Å². The Morgan fingerprint density at radius 2 is 0.581 bits per heavy atom. The third kappa shape index (κ3) is 9.72. The minimum atomic E-state index is -0.733. The number of phenols is 2. The molecule has 0 unspecified atom stereocenters. The second kappa shape index (κ2) is 17.7. The van der Waals surface area contributed by atoms with E-state index in [2.05, 4.69) is 27.7 Å². The van der Waals surface area contributed by atoms with Crippen molar-refractivity contribution in [3.05, 3.63) is 214 Å². The third-order valence-electron chi connectivity index (χ3n) is 10.7. The van der Waals surface area contributed by atoms with E-state index in [0.29, 0.717) is 11.5 Å². The van der Waals surface area contributed by atoms with Gasteiger partial charge in [0.1, 0.15) is 34.5 Å². The van der Waals surface area contributed by atoms with Gasteiger partial charge in [0, 0.05) is 10.8 Å². The maximum absolute atomic E-state index is 13.0. The maximum Gasteiger partial charge on any atom is 0.343 e. The van der Waals surface area contributed by atoms with Crippen molar-refractivity contribution in [2.45, 2.75) is 38.5 Å². The fourth-order valence-corrected chi connectivity index (χ4v) is 6.72. The molecule has 0 saturated heterocycles. The van der Waals surface area contributed by atoms with Gasteiger partial charge in [-0.2, -0.15) is 0 Å². The number of hydrogen-bond donors (Lipinski definition) is 2. The van der Waals surface area contributed by atoms with Crippen LogP contribution in [0.25, 0.3) is 0 Å². The Labute approximate surface area is 358 Å². The Bertz CT molecular complexity index is 2530. The number of carbonyl (C=O) groups excluding carboxylic acids is 4. The quantitative estimate of drug-likeness (QED) is 0.0901. The smallest absolute Gasteiger partial charge is 0.343 e. The molecular formula is C52H42O10. The van der Waals surface area contributed by atoms with Crippen molar-refractivity contribution in [2.24, 2.45) is 0 Å². The van der Waals surface area contributed by atoms with Gasteiger partial charge in [-0.25, -0.2) is 19.2 Å². The van der Waals surface area contributed by atoms with Crippen LogP contribution in [0.2, 0.25) is 0 Å². The van der Waals surface area contributed by atoms with Crippen molar-refractivity contribution in [3.63, 3.8) is 0 Å². The van der Waals surface area contributed by atoms with Crippen LogP contribution in [0.1, 0.15) is 91.4 Å². The molecule has 0 aliphatic carbocycles. The van der Waals surface area contributed by atoms with E-state index in [9.17, 15) is 29.4 Å². The van der Waals surface area contributed by atoms with E-state index < -0.39 is 23.9 Å². The van der Waals surface area contributed by atoms with E-state index in [4.69, 9.17) is 18.9 Å². The summed E-state index contributed by atoms with van der Waals surface area (Å²) < 4.78 is 22.2. The van der Waals surface area contributed by atoms with Gasteiger partial charge in [-0.15, -0.1) is 0 Å². The molecule has 0 aliphatic heterocycles. The molecule has 0 bridgehead atoms. The zero-order chi connectivity index (χ0) is 44.0. The SMILES string of the molecule is CC(C)(c1ccc(O)cc1)c1ccc(OC(=O)c2ccc(OC(=O)c3cccc(C(=O)Oc4ccc(C(=O)Oc5ccc(C(C)(C)c6ccc(O)cc6)cc5)cc4)c3)cc2)cc1.